The number of piperidine rings is 1. The molecule has 2 atom stereocenters. The molecule has 0 radical (unpaired) electrons. The van der Waals surface area contributed by atoms with Crippen LogP contribution in [0.25, 0.3) is 11.6 Å². The third-order valence-electron chi connectivity index (χ3n) is 7.89. The van der Waals surface area contributed by atoms with Crippen molar-refractivity contribution in [1.82, 2.24) is 30.0 Å². The van der Waals surface area contributed by atoms with Gasteiger partial charge in [0.15, 0.2) is 0 Å². The number of likely N-dealkylation sites (tertiary alicyclic amines) is 1. The van der Waals surface area contributed by atoms with Crippen molar-refractivity contribution >= 4 is 11.8 Å². The van der Waals surface area contributed by atoms with Gasteiger partial charge in [0.05, 0.1) is 11.9 Å². The van der Waals surface area contributed by atoms with Crippen LogP contribution >= 0.6 is 0 Å². The van der Waals surface area contributed by atoms with Gasteiger partial charge in [-0.25, -0.2) is 9.97 Å². The van der Waals surface area contributed by atoms with Crippen molar-refractivity contribution in [3.05, 3.63) is 41.7 Å². The van der Waals surface area contributed by atoms with Crippen LogP contribution in [-0.2, 0) is 6.54 Å². The average Bonchev–Trinajstić information content (AvgIpc) is 3.39. The summed E-state index contributed by atoms with van der Waals surface area (Å²) in [4.78, 5) is 17.3. The number of anilines is 2. The normalized spacial score (nSPS) is 21.6. The summed E-state index contributed by atoms with van der Waals surface area (Å²) in [5.74, 6) is 1.65. The zero-order valence-electron chi connectivity index (χ0n) is 23.0. The van der Waals surface area contributed by atoms with E-state index >= 15 is 0 Å². The Morgan fingerprint density at radius 3 is 2.53 bits per heavy atom. The molecule has 1 aromatic carbocycles. The Morgan fingerprint density at radius 1 is 1.08 bits per heavy atom. The molecule has 0 unspecified atom stereocenters. The smallest absolute Gasteiger partial charge is 0.315 e. The summed E-state index contributed by atoms with van der Waals surface area (Å²) in [6, 6.07) is 9.44. The Bertz CT molecular complexity index is 1190. The summed E-state index contributed by atoms with van der Waals surface area (Å²) in [7, 11) is 0. The van der Waals surface area contributed by atoms with E-state index < -0.39 is 0 Å². The molecule has 2 saturated heterocycles. The van der Waals surface area contributed by atoms with Gasteiger partial charge in [-0.1, -0.05) is 24.2 Å². The van der Waals surface area contributed by atoms with E-state index in [-0.39, 0.29) is 0 Å². The van der Waals surface area contributed by atoms with Crippen LogP contribution in [0, 0.1) is 6.92 Å². The summed E-state index contributed by atoms with van der Waals surface area (Å²) in [5, 5.41) is 20.7. The molecule has 10 heteroatoms. The molecule has 0 saturated carbocycles. The molecule has 2 aromatic heterocycles. The largest absolute Gasteiger partial charge is 0.508 e. The standard InChI is InChI=1S/C28H40N8O2/c1-5-22-18-35(26-20(4)31-25(15-30-26)27-32-33-28(38-27)29-6-2)19(3)16-36(22)23-11-13-34(14-12-23)17-21-7-9-24(37)10-8-21/h7-10,15,19,22-23,37H,5-6,11-14,16-18H2,1-4H3,(H,29,33)/t19-,22+/m1/s1. The van der Waals surface area contributed by atoms with Crippen LogP contribution in [0.2, 0.25) is 0 Å². The first kappa shape index (κ1) is 26.4. The number of nitrogens with zero attached hydrogens (tertiary/aromatic N) is 7. The van der Waals surface area contributed by atoms with E-state index in [9.17, 15) is 5.11 Å². The highest BCUT2D eigenvalue weighted by Crippen LogP contribution is 2.30. The molecule has 0 amide bonds. The molecular formula is C28H40N8O2. The molecule has 2 fully saturated rings. The first-order valence-electron chi connectivity index (χ1n) is 13.9. The van der Waals surface area contributed by atoms with Crippen LogP contribution in [0.4, 0.5) is 11.8 Å². The first-order chi connectivity index (χ1) is 18.4. The molecule has 10 nitrogen and oxygen atoms in total. The van der Waals surface area contributed by atoms with E-state index in [1.807, 2.05) is 26.0 Å². The van der Waals surface area contributed by atoms with Crippen molar-refractivity contribution in [3.8, 4) is 17.3 Å². The molecular weight excluding hydrogens is 480 g/mol. The summed E-state index contributed by atoms with van der Waals surface area (Å²) in [6.07, 6.45) is 5.23. The van der Waals surface area contributed by atoms with Crippen molar-refractivity contribution in [2.45, 2.75) is 71.6 Å². The summed E-state index contributed by atoms with van der Waals surface area (Å²) in [6.45, 7) is 14.4. The lowest BCUT2D eigenvalue weighted by Gasteiger charge is -2.50. The Morgan fingerprint density at radius 2 is 1.84 bits per heavy atom. The third kappa shape index (κ3) is 5.76. The summed E-state index contributed by atoms with van der Waals surface area (Å²) in [5.41, 5.74) is 2.73. The molecule has 38 heavy (non-hydrogen) atoms. The quantitative estimate of drug-likeness (QED) is 0.454. The Labute approximate surface area is 225 Å². The number of benzene rings is 1. The van der Waals surface area contributed by atoms with Gasteiger partial charge in [0.2, 0.25) is 0 Å². The van der Waals surface area contributed by atoms with Gasteiger partial charge in [-0.2, -0.15) is 0 Å². The Hall–Kier alpha value is -3.24. The SMILES string of the molecule is CCNc1nnc(-c2cnc(N3C[C@H](CC)N(C4CCN(Cc5ccc(O)cc5)CC4)C[C@H]3C)c(C)n2)o1. The van der Waals surface area contributed by atoms with Gasteiger partial charge >= 0.3 is 6.01 Å². The number of piperazine rings is 1. The second kappa shape index (κ2) is 11.7. The van der Waals surface area contributed by atoms with Crippen LogP contribution in [0.1, 0.15) is 51.3 Å². The zero-order chi connectivity index (χ0) is 26.6. The van der Waals surface area contributed by atoms with Gasteiger partial charge < -0.3 is 19.7 Å². The monoisotopic (exact) mass is 520 g/mol. The number of hydrogen-bond donors (Lipinski definition) is 2. The first-order valence-corrected chi connectivity index (χ1v) is 13.9. The molecule has 2 aliphatic heterocycles. The number of aromatic hydroxyl groups is 1. The van der Waals surface area contributed by atoms with Gasteiger partial charge in [0.25, 0.3) is 5.89 Å². The number of phenolic OH excluding ortho intramolecular Hbond substituents is 1. The lowest BCUT2D eigenvalue weighted by molar-refractivity contribution is 0.0505. The van der Waals surface area contributed by atoms with E-state index in [0.717, 1.165) is 50.7 Å². The van der Waals surface area contributed by atoms with E-state index in [0.29, 0.717) is 48.0 Å². The summed E-state index contributed by atoms with van der Waals surface area (Å²) < 4.78 is 5.66. The zero-order valence-corrected chi connectivity index (χ0v) is 23.0. The van der Waals surface area contributed by atoms with Gasteiger partial charge in [-0.05, 0) is 70.8 Å². The van der Waals surface area contributed by atoms with E-state index in [4.69, 9.17) is 14.4 Å². The maximum absolute atomic E-state index is 9.55. The highest BCUT2D eigenvalue weighted by Gasteiger charge is 2.37. The fourth-order valence-electron chi connectivity index (χ4n) is 5.85. The maximum Gasteiger partial charge on any atom is 0.315 e. The maximum atomic E-state index is 9.55. The molecule has 2 N–H and O–H groups in total. The van der Waals surface area contributed by atoms with Crippen LogP contribution in [0.5, 0.6) is 5.75 Å². The molecule has 0 aliphatic carbocycles. The number of hydrogen-bond acceptors (Lipinski definition) is 10. The molecule has 204 valence electrons. The van der Waals surface area contributed by atoms with Crippen molar-refractivity contribution in [2.24, 2.45) is 0 Å². The number of aromatic nitrogens is 4. The molecule has 5 rings (SSSR count). The van der Waals surface area contributed by atoms with E-state index in [1.165, 1.54) is 18.4 Å². The minimum atomic E-state index is 0.328. The summed E-state index contributed by atoms with van der Waals surface area (Å²) >= 11 is 0. The van der Waals surface area contributed by atoms with Crippen molar-refractivity contribution < 1.29 is 9.52 Å². The minimum Gasteiger partial charge on any atom is -0.508 e. The predicted molar refractivity (Wildman–Crippen MR) is 148 cm³/mol. The molecule has 0 bridgehead atoms. The fraction of sp³-hybridized carbons (Fsp3) is 0.571. The minimum absolute atomic E-state index is 0.328. The molecule has 4 heterocycles. The third-order valence-corrected chi connectivity index (χ3v) is 7.89. The van der Waals surface area contributed by atoms with Crippen LogP contribution in [0.3, 0.4) is 0 Å². The van der Waals surface area contributed by atoms with Crippen LogP contribution in [0.15, 0.2) is 34.9 Å². The Balaban J connectivity index is 1.21. The van der Waals surface area contributed by atoms with Gasteiger partial charge in [0.1, 0.15) is 17.3 Å². The topological polar surface area (TPSA) is 107 Å². The van der Waals surface area contributed by atoms with E-state index in [1.54, 1.807) is 18.3 Å². The van der Waals surface area contributed by atoms with Crippen molar-refractivity contribution in [1.29, 1.82) is 0 Å². The van der Waals surface area contributed by atoms with Gasteiger partial charge in [0, 0.05) is 44.3 Å². The number of nitrogens with one attached hydrogen (secondary N) is 1. The van der Waals surface area contributed by atoms with Crippen molar-refractivity contribution in [2.75, 3.05) is 42.9 Å². The second-order valence-corrected chi connectivity index (χ2v) is 10.5. The van der Waals surface area contributed by atoms with E-state index in [2.05, 4.69) is 44.1 Å². The predicted octanol–water partition coefficient (Wildman–Crippen LogP) is 3.93. The molecule has 3 aromatic rings. The molecule has 0 spiro atoms. The highest BCUT2D eigenvalue weighted by molar-refractivity contribution is 5.53. The lowest BCUT2D eigenvalue weighted by atomic mass is 9.96. The number of aryl methyl sites for hydroxylation is 1. The van der Waals surface area contributed by atoms with Crippen LogP contribution < -0.4 is 10.2 Å². The lowest BCUT2D eigenvalue weighted by Crippen LogP contribution is -2.61. The average molecular weight is 521 g/mol. The van der Waals surface area contributed by atoms with Gasteiger partial charge in [-0.3, -0.25) is 9.80 Å². The highest BCUT2D eigenvalue weighted by atomic mass is 16.4. The van der Waals surface area contributed by atoms with Gasteiger partial charge in [-0.15, -0.1) is 5.10 Å². The molecule has 2 aliphatic rings. The number of rotatable bonds is 8. The fourth-order valence-corrected chi connectivity index (χ4v) is 5.85. The van der Waals surface area contributed by atoms with Crippen LogP contribution in [-0.4, -0.2) is 85.9 Å². The second-order valence-electron chi connectivity index (χ2n) is 10.5. The number of phenols is 1. The Kier molecular flexibility index (Phi) is 8.09. The van der Waals surface area contributed by atoms with Crippen molar-refractivity contribution in [3.63, 3.8) is 0 Å².